The summed E-state index contributed by atoms with van der Waals surface area (Å²) in [5.41, 5.74) is 4.01. The van der Waals surface area contributed by atoms with E-state index in [1.54, 1.807) is 0 Å². The molecule has 1 amide bonds. The summed E-state index contributed by atoms with van der Waals surface area (Å²) in [6.07, 6.45) is 1.75. The van der Waals surface area contributed by atoms with Crippen LogP contribution in [0.5, 0.6) is 5.75 Å². The number of aryl methyl sites for hydroxylation is 1. The molecule has 0 fully saturated rings. The molecule has 3 aromatic rings. The Kier molecular flexibility index (Phi) is 4.83. The van der Waals surface area contributed by atoms with E-state index < -0.39 is 0 Å². The number of carbonyl (C=O) groups is 1. The number of hydrogen-bond acceptors (Lipinski definition) is 2. The normalized spacial score (nSPS) is 15.6. The molecule has 0 saturated carbocycles. The van der Waals surface area contributed by atoms with Crippen LogP contribution in [0.3, 0.4) is 0 Å². The van der Waals surface area contributed by atoms with Crippen molar-refractivity contribution in [3.63, 3.8) is 0 Å². The van der Waals surface area contributed by atoms with E-state index in [4.69, 9.17) is 16.3 Å². The van der Waals surface area contributed by atoms with Crippen molar-refractivity contribution in [3.8, 4) is 5.75 Å². The van der Waals surface area contributed by atoms with Gasteiger partial charge in [-0.25, -0.2) is 0 Å². The Hall–Kier alpha value is -2.46. The molecule has 1 aliphatic rings. The van der Waals surface area contributed by atoms with Crippen LogP contribution in [0.4, 0.5) is 0 Å². The van der Waals surface area contributed by atoms with E-state index in [0.717, 1.165) is 29.5 Å². The molecule has 1 aliphatic heterocycles. The maximum Gasteiger partial charge on any atom is 0.267 e. The lowest BCUT2D eigenvalue weighted by atomic mass is 10.1. The third kappa shape index (κ3) is 3.42. The Morgan fingerprint density at radius 3 is 2.78 bits per heavy atom. The van der Waals surface area contributed by atoms with E-state index in [1.165, 1.54) is 11.1 Å². The fraction of sp³-hybridized carbons (Fsp3) is 0.318. The molecule has 0 spiro atoms. The van der Waals surface area contributed by atoms with Crippen LogP contribution in [-0.4, -0.2) is 23.1 Å². The van der Waals surface area contributed by atoms with E-state index in [0.29, 0.717) is 23.8 Å². The summed E-state index contributed by atoms with van der Waals surface area (Å²) < 4.78 is 8.09. The van der Waals surface area contributed by atoms with Crippen molar-refractivity contribution < 1.29 is 9.53 Å². The Morgan fingerprint density at radius 1 is 1.26 bits per heavy atom. The monoisotopic (exact) mass is 382 g/mol. The van der Waals surface area contributed by atoms with Crippen molar-refractivity contribution in [2.75, 3.05) is 6.54 Å². The van der Waals surface area contributed by atoms with Gasteiger partial charge in [0.05, 0.1) is 17.1 Å². The number of nitrogens with one attached hydrogen (secondary N) is 1. The second-order valence-electron chi connectivity index (χ2n) is 7.09. The van der Waals surface area contributed by atoms with Gasteiger partial charge in [0.25, 0.3) is 5.91 Å². The largest absolute Gasteiger partial charge is 0.486 e. The van der Waals surface area contributed by atoms with E-state index >= 15 is 0 Å². The van der Waals surface area contributed by atoms with Crippen molar-refractivity contribution in [2.24, 2.45) is 0 Å². The van der Waals surface area contributed by atoms with Gasteiger partial charge in [-0.2, -0.15) is 0 Å². The highest BCUT2D eigenvalue weighted by molar-refractivity contribution is 6.36. The van der Waals surface area contributed by atoms with Crippen molar-refractivity contribution in [1.82, 2.24) is 9.88 Å². The molecule has 4 nitrogen and oxygen atoms in total. The average molecular weight is 383 g/mol. The minimum Gasteiger partial charge on any atom is -0.486 e. The molecule has 4 rings (SSSR count). The number of hydrogen-bond donors (Lipinski definition) is 1. The third-order valence-electron chi connectivity index (χ3n) is 5.16. The molecule has 140 valence electrons. The third-order valence-corrected chi connectivity index (χ3v) is 5.49. The summed E-state index contributed by atoms with van der Waals surface area (Å²) in [5.74, 6) is 0.725. The molecule has 1 N–H and O–H groups in total. The smallest absolute Gasteiger partial charge is 0.267 e. The van der Waals surface area contributed by atoms with E-state index in [2.05, 4.69) is 48.0 Å². The average Bonchev–Trinajstić information content (AvgIpc) is 3.07. The highest BCUT2D eigenvalue weighted by Crippen LogP contribution is 2.38. The van der Waals surface area contributed by atoms with Crippen LogP contribution < -0.4 is 10.1 Å². The second kappa shape index (κ2) is 7.28. The summed E-state index contributed by atoms with van der Waals surface area (Å²) in [7, 11) is 0. The number of ether oxygens (including phenoxy) is 1. The highest BCUT2D eigenvalue weighted by Gasteiger charge is 2.26. The second-order valence-corrected chi connectivity index (χ2v) is 7.49. The number of nitrogens with zero attached hydrogens (tertiary/aromatic N) is 1. The predicted octanol–water partition coefficient (Wildman–Crippen LogP) is 4.75. The first-order chi connectivity index (χ1) is 13.1. The van der Waals surface area contributed by atoms with Gasteiger partial charge in [-0.05, 0) is 43.5 Å². The fourth-order valence-corrected chi connectivity index (χ4v) is 3.79. The molecule has 0 aliphatic carbocycles. The summed E-state index contributed by atoms with van der Waals surface area (Å²) in [5, 5.41) is 4.56. The number of amides is 1. The molecule has 1 aromatic heterocycles. The van der Waals surface area contributed by atoms with Crippen LogP contribution in [0.15, 0.2) is 42.5 Å². The van der Waals surface area contributed by atoms with Crippen LogP contribution in [-0.2, 0) is 13.0 Å². The molecule has 2 aromatic carbocycles. The van der Waals surface area contributed by atoms with Gasteiger partial charge in [-0.3, -0.25) is 4.79 Å². The molecule has 0 saturated heterocycles. The topological polar surface area (TPSA) is 43.3 Å². The SMILES string of the molecule is CC[C@@H]1Cn2c(C(=O)NCCc3ccc(C)cc3)cc3c(Cl)ccc(c32)O1. The molecule has 27 heavy (non-hydrogen) atoms. The maximum atomic E-state index is 12.9. The van der Waals surface area contributed by atoms with Crippen LogP contribution in [0.25, 0.3) is 10.9 Å². The minimum atomic E-state index is -0.0721. The summed E-state index contributed by atoms with van der Waals surface area (Å²) in [6, 6.07) is 14.0. The summed E-state index contributed by atoms with van der Waals surface area (Å²) in [6.45, 7) is 5.42. The van der Waals surface area contributed by atoms with E-state index in [-0.39, 0.29) is 12.0 Å². The fourth-order valence-electron chi connectivity index (χ4n) is 3.59. The van der Waals surface area contributed by atoms with Crippen LogP contribution in [0.1, 0.15) is 35.0 Å². The number of carbonyl (C=O) groups excluding carboxylic acids is 1. The lowest BCUT2D eigenvalue weighted by Gasteiger charge is -2.26. The highest BCUT2D eigenvalue weighted by atomic mass is 35.5. The first-order valence-electron chi connectivity index (χ1n) is 9.39. The van der Waals surface area contributed by atoms with Crippen LogP contribution in [0, 0.1) is 6.92 Å². The van der Waals surface area contributed by atoms with Gasteiger partial charge in [0, 0.05) is 11.9 Å². The first kappa shape index (κ1) is 17.9. The number of benzene rings is 2. The molecular formula is C22H23ClN2O2. The quantitative estimate of drug-likeness (QED) is 0.692. The Morgan fingerprint density at radius 2 is 2.04 bits per heavy atom. The summed E-state index contributed by atoms with van der Waals surface area (Å²) in [4.78, 5) is 12.9. The van der Waals surface area contributed by atoms with Gasteiger partial charge in [-0.15, -0.1) is 0 Å². The van der Waals surface area contributed by atoms with Gasteiger partial charge < -0.3 is 14.6 Å². The Labute approximate surface area is 164 Å². The van der Waals surface area contributed by atoms with Gasteiger partial charge in [-0.1, -0.05) is 48.4 Å². The van der Waals surface area contributed by atoms with Gasteiger partial charge in [0.15, 0.2) is 0 Å². The molecule has 0 bridgehead atoms. The molecule has 5 heteroatoms. The van der Waals surface area contributed by atoms with Crippen molar-refractivity contribution in [1.29, 1.82) is 0 Å². The van der Waals surface area contributed by atoms with Gasteiger partial charge >= 0.3 is 0 Å². The zero-order valence-electron chi connectivity index (χ0n) is 15.6. The van der Waals surface area contributed by atoms with Crippen molar-refractivity contribution in [2.45, 2.75) is 39.3 Å². The molecule has 2 heterocycles. The lowest BCUT2D eigenvalue weighted by Crippen LogP contribution is -2.32. The van der Waals surface area contributed by atoms with Gasteiger partial charge in [0.2, 0.25) is 0 Å². The zero-order chi connectivity index (χ0) is 19.0. The standard InChI is InChI=1S/C22H23ClN2O2/c1-3-16-13-25-19(12-17-18(23)8-9-20(27-16)21(17)25)22(26)24-11-10-15-6-4-14(2)5-7-15/h4-9,12,16H,3,10-11,13H2,1-2H3,(H,24,26)/t16-/m1/s1. The Bertz CT molecular complexity index is 992. The number of rotatable bonds is 5. The van der Waals surface area contributed by atoms with Crippen molar-refractivity contribution >= 4 is 28.4 Å². The summed E-state index contributed by atoms with van der Waals surface area (Å²) >= 11 is 6.37. The van der Waals surface area contributed by atoms with Gasteiger partial charge in [0.1, 0.15) is 17.5 Å². The predicted molar refractivity (Wildman–Crippen MR) is 109 cm³/mol. The zero-order valence-corrected chi connectivity index (χ0v) is 16.3. The number of halogens is 1. The van der Waals surface area contributed by atoms with Crippen molar-refractivity contribution in [3.05, 3.63) is 64.3 Å². The first-order valence-corrected chi connectivity index (χ1v) is 9.76. The molecule has 1 atom stereocenters. The minimum absolute atomic E-state index is 0.0633. The molecule has 0 unspecified atom stereocenters. The maximum absolute atomic E-state index is 12.9. The van der Waals surface area contributed by atoms with E-state index in [1.807, 2.05) is 18.2 Å². The molecule has 0 radical (unpaired) electrons. The van der Waals surface area contributed by atoms with Crippen LogP contribution >= 0.6 is 11.6 Å². The number of aromatic nitrogens is 1. The molecular weight excluding hydrogens is 360 g/mol. The lowest BCUT2D eigenvalue weighted by molar-refractivity contribution is 0.0938. The van der Waals surface area contributed by atoms with E-state index in [9.17, 15) is 4.79 Å². The van der Waals surface area contributed by atoms with Crippen LogP contribution in [0.2, 0.25) is 5.02 Å². The Balaban J connectivity index is 1.56.